The molecule has 0 aliphatic heterocycles. The minimum Gasteiger partial charge on any atom is -0.481 e. The van der Waals surface area contributed by atoms with Gasteiger partial charge in [0.2, 0.25) is 0 Å². The first kappa shape index (κ1) is 18.0. The van der Waals surface area contributed by atoms with Crippen molar-refractivity contribution in [2.75, 3.05) is 5.32 Å². The molecule has 3 N–H and O–H groups in total. The van der Waals surface area contributed by atoms with Crippen molar-refractivity contribution in [3.05, 3.63) is 36.0 Å². The van der Waals surface area contributed by atoms with E-state index in [1.807, 2.05) is 0 Å². The molecule has 9 heteroatoms. The summed E-state index contributed by atoms with van der Waals surface area (Å²) in [6.07, 6.45) is 4.73. The summed E-state index contributed by atoms with van der Waals surface area (Å²) < 4.78 is 28.2. The number of rotatable bonds is 4. The van der Waals surface area contributed by atoms with Crippen LogP contribution >= 0.6 is 0 Å². The molecule has 29 heavy (non-hydrogen) atoms. The zero-order valence-electron chi connectivity index (χ0n) is 15.4. The summed E-state index contributed by atoms with van der Waals surface area (Å²) in [5.41, 5.74) is 1.13. The highest BCUT2D eigenvalue weighted by atomic mass is 19.1. The molecule has 3 aromatic rings. The van der Waals surface area contributed by atoms with Crippen LogP contribution < -0.4 is 5.32 Å². The van der Waals surface area contributed by atoms with E-state index in [0.717, 1.165) is 31.9 Å². The van der Waals surface area contributed by atoms with E-state index in [2.05, 4.69) is 25.5 Å². The van der Waals surface area contributed by atoms with Crippen LogP contribution in [0.25, 0.3) is 22.4 Å². The Balaban J connectivity index is 1.51. The number of aliphatic carboxylic acids is 1. The van der Waals surface area contributed by atoms with E-state index < -0.39 is 23.5 Å². The molecule has 6 rings (SSSR count). The van der Waals surface area contributed by atoms with E-state index in [1.54, 1.807) is 0 Å². The number of pyridine rings is 2. The zero-order chi connectivity index (χ0) is 20.1. The van der Waals surface area contributed by atoms with Crippen molar-refractivity contribution < 1.29 is 18.7 Å². The molecular weight excluding hydrogens is 380 g/mol. The van der Waals surface area contributed by atoms with E-state index in [-0.39, 0.29) is 23.7 Å². The van der Waals surface area contributed by atoms with Gasteiger partial charge in [0.1, 0.15) is 5.82 Å². The first-order valence-electron chi connectivity index (χ1n) is 9.67. The number of carboxylic acids is 1. The van der Waals surface area contributed by atoms with Crippen LogP contribution in [-0.4, -0.2) is 37.3 Å². The maximum absolute atomic E-state index is 14.5. The molecule has 3 fully saturated rings. The van der Waals surface area contributed by atoms with Gasteiger partial charge in [-0.2, -0.15) is 5.10 Å². The second kappa shape index (κ2) is 6.75. The third-order valence-electron chi connectivity index (χ3n) is 6.29. The number of fused-ring (bicyclic) bond motifs is 4. The Kier molecular flexibility index (Phi) is 4.18. The summed E-state index contributed by atoms with van der Waals surface area (Å²) >= 11 is 0. The van der Waals surface area contributed by atoms with Gasteiger partial charge in [-0.25, -0.2) is 18.7 Å². The van der Waals surface area contributed by atoms with Crippen molar-refractivity contribution in [2.24, 2.45) is 17.8 Å². The molecule has 0 unspecified atom stereocenters. The van der Waals surface area contributed by atoms with E-state index in [4.69, 9.17) is 0 Å². The minimum absolute atomic E-state index is 0.00147. The number of carboxylic acid groups (broad SMARTS) is 1. The molecule has 7 nitrogen and oxygen atoms in total. The molecule has 2 atom stereocenters. The molecule has 0 saturated heterocycles. The Morgan fingerprint density at radius 2 is 1.93 bits per heavy atom. The SMILES string of the molecule is O=C(O)[C@H]1C2CCC(CC2)[C@@H]1Nc1nc(-c2[nH]nc3ncc(F)cc23)ccc1F. The van der Waals surface area contributed by atoms with Gasteiger partial charge in [0.25, 0.3) is 0 Å². The Morgan fingerprint density at radius 1 is 1.17 bits per heavy atom. The summed E-state index contributed by atoms with van der Waals surface area (Å²) in [6.45, 7) is 0. The van der Waals surface area contributed by atoms with Crippen LogP contribution in [0.1, 0.15) is 25.7 Å². The molecule has 3 aromatic heterocycles. The highest BCUT2D eigenvalue weighted by molar-refractivity contribution is 5.89. The summed E-state index contributed by atoms with van der Waals surface area (Å²) in [7, 11) is 0. The number of hydrogen-bond acceptors (Lipinski definition) is 5. The number of H-pyrrole nitrogens is 1. The van der Waals surface area contributed by atoms with E-state index in [1.165, 1.54) is 18.2 Å². The number of aromatic nitrogens is 4. The normalized spacial score (nSPS) is 26.0. The molecule has 0 aromatic carbocycles. The Bertz CT molecular complexity index is 1090. The lowest BCUT2D eigenvalue weighted by molar-refractivity contribution is -0.148. The monoisotopic (exact) mass is 399 g/mol. The van der Waals surface area contributed by atoms with Crippen molar-refractivity contribution in [1.29, 1.82) is 0 Å². The Hall–Kier alpha value is -3.10. The van der Waals surface area contributed by atoms with Crippen LogP contribution in [0.4, 0.5) is 14.6 Å². The second-order valence-electron chi connectivity index (χ2n) is 7.86. The first-order valence-corrected chi connectivity index (χ1v) is 9.67. The lowest BCUT2D eigenvalue weighted by atomic mass is 9.61. The summed E-state index contributed by atoms with van der Waals surface area (Å²) in [6, 6.07) is 3.66. The number of aromatic amines is 1. The smallest absolute Gasteiger partial charge is 0.308 e. The third kappa shape index (κ3) is 3.01. The van der Waals surface area contributed by atoms with Crippen molar-refractivity contribution in [3.8, 4) is 11.4 Å². The fraction of sp³-hybridized carbons (Fsp3) is 0.400. The van der Waals surface area contributed by atoms with Gasteiger partial charge in [-0.1, -0.05) is 0 Å². The maximum Gasteiger partial charge on any atom is 0.308 e. The molecule has 3 aliphatic rings. The van der Waals surface area contributed by atoms with E-state index in [0.29, 0.717) is 22.4 Å². The highest BCUT2D eigenvalue weighted by Gasteiger charge is 2.47. The molecule has 150 valence electrons. The average Bonchev–Trinajstić information content (AvgIpc) is 3.13. The lowest BCUT2D eigenvalue weighted by Crippen LogP contribution is -2.51. The van der Waals surface area contributed by atoms with Crippen LogP contribution in [-0.2, 0) is 4.79 Å². The predicted molar refractivity (Wildman–Crippen MR) is 101 cm³/mol. The first-order chi connectivity index (χ1) is 14.0. The van der Waals surface area contributed by atoms with Crippen molar-refractivity contribution in [3.63, 3.8) is 0 Å². The van der Waals surface area contributed by atoms with E-state index in [9.17, 15) is 18.7 Å². The van der Waals surface area contributed by atoms with Crippen LogP contribution in [0.5, 0.6) is 0 Å². The fourth-order valence-electron chi connectivity index (χ4n) is 4.92. The second-order valence-corrected chi connectivity index (χ2v) is 7.86. The van der Waals surface area contributed by atoms with Crippen molar-refractivity contribution in [1.82, 2.24) is 20.2 Å². The Labute approximate surface area is 164 Å². The topological polar surface area (TPSA) is 104 Å². The summed E-state index contributed by atoms with van der Waals surface area (Å²) in [4.78, 5) is 20.1. The van der Waals surface area contributed by atoms with E-state index >= 15 is 0 Å². The lowest BCUT2D eigenvalue weighted by Gasteiger charge is -2.47. The molecule has 3 heterocycles. The quantitative estimate of drug-likeness (QED) is 0.619. The van der Waals surface area contributed by atoms with Gasteiger partial charge in [0.05, 0.1) is 28.9 Å². The molecule has 0 spiro atoms. The number of carbonyl (C=O) groups is 1. The van der Waals surface area contributed by atoms with Crippen LogP contribution in [0.15, 0.2) is 24.4 Å². The molecule has 3 saturated carbocycles. The number of nitrogens with one attached hydrogen (secondary N) is 2. The van der Waals surface area contributed by atoms with Gasteiger partial charge in [0, 0.05) is 6.04 Å². The van der Waals surface area contributed by atoms with Gasteiger partial charge in [-0.3, -0.25) is 9.89 Å². The zero-order valence-corrected chi connectivity index (χ0v) is 15.4. The summed E-state index contributed by atoms with van der Waals surface area (Å²) in [5.74, 6) is -2.20. The number of nitrogens with zero attached hydrogens (tertiary/aromatic N) is 3. The van der Waals surface area contributed by atoms with Crippen LogP contribution in [0, 0.1) is 29.4 Å². The van der Waals surface area contributed by atoms with Gasteiger partial charge < -0.3 is 10.4 Å². The molecule has 3 aliphatic carbocycles. The predicted octanol–water partition coefficient (Wildman–Crippen LogP) is 3.60. The molecule has 0 radical (unpaired) electrons. The van der Waals surface area contributed by atoms with Crippen LogP contribution in [0.2, 0.25) is 0 Å². The van der Waals surface area contributed by atoms with Gasteiger partial charge in [0.15, 0.2) is 17.3 Å². The number of anilines is 1. The van der Waals surface area contributed by atoms with Gasteiger partial charge in [-0.05, 0) is 55.7 Å². The Morgan fingerprint density at radius 3 is 2.69 bits per heavy atom. The number of halogens is 2. The number of hydrogen-bond donors (Lipinski definition) is 3. The third-order valence-corrected chi connectivity index (χ3v) is 6.29. The fourth-order valence-corrected chi connectivity index (χ4v) is 4.92. The summed E-state index contributed by atoms with van der Waals surface area (Å²) in [5, 5.41) is 20.1. The van der Waals surface area contributed by atoms with Crippen LogP contribution in [0.3, 0.4) is 0 Å². The largest absolute Gasteiger partial charge is 0.481 e. The van der Waals surface area contributed by atoms with Gasteiger partial charge in [-0.15, -0.1) is 0 Å². The minimum atomic E-state index is -0.852. The van der Waals surface area contributed by atoms with Crippen molar-refractivity contribution >= 4 is 22.8 Å². The molecular formula is C20H19F2N5O2. The standard InChI is InChI=1S/C20H19F2N5O2/c21-11-7-12-17(26-27-18(12)23-8-11)14-6-5-13(22)19(24-14)25-16-10-3-1-9(2-4-10)15(16)20(28)29/h5-10,15-16H,1-4H2,(H,24,25)(H,28,29)(H,23,26,27)/t9?,10?,15-,16-/m0/s1. The van der Waals surface area contributed by atoms with Gasteiger partial charge >= 0.3 is 5.97 Å². The van der Waals surface area contributed by atoms with Crippen molar-refractivity contribution in [2.45, 2.75) is 31.7 Å². The maximum atomic E-state index is 14.5. The molecule has 0 amide bonds. The molecule has 2 bridgehead atoms. The highest BCUT2D eigenvalue weighted by Crippen LogP contribution is 2.46. The average molecular weight is 399 g/mol.